The van der Waals surface area contributed by atoms with Gasteiger partial charge in [-0.25, -0.2) is 0 Å². The summed E-state index contributed by atoms with van der Waals surface area (Å²) in [5.41, 5.74) is 1.73. The number of ether oxygens (including phenoxy) is 1. The van der Waals surface area contributed by atoms with Crippen LogP contribution >= 0.6 is 0 Å². The molecule has 0 aliphatic heterocycles. The van der Waals surface area contributed by atoms with Crippen LogP contribution in [0, 0.1) is 0 Å². The molecule has 130 valence electrons. The molecule has 0 fully saturated rings. The molecule has 0 atom stereocenters. The van der Waals surface area contributed by atoms with Crippen LogP contribution in [0.2, 0.25) is 0 Å². The molecule has 0 saturated heterocycles. The van der Waals surface area contributed by atoms with Crippen LogP contribution in [-0.4, -0.2) is 15.1 Å². The van der Waals surface area contributed by atoms with Crippen molar-refractivity contribution in [3.8, 4) is 17.2 Å². The SMILES string of the molecule is c1ccc2c(-c3nc(COc4cccc5cccnc45)no3)cccc2c1. The molecule has 0 saturated carbocycles. The second kappa shape index (κ2) is 6.53. The van der Waals surface area contributed by atoms with E-state index in [1.807, 2.05) is 60.7 Å². The maximum atomic E-state index is 5.89. The summed E-state index contributed by atoms with van der Waals surface area (Å²) in [5.74, 6) is 1.68. The van der Waals surface area contributed by atoms with Crippen molar-refractivity contribution < 1.29 is 9.26 Å². The van der Waals surface area contributed by atoms with E-state index in [0.29, 0.717) is 17.5 Å². The number of benzene rings is 3. The van der Waals surface area contributed by atoms with E-state index in [1.165, 1.54) is 0 Å². The van der Waals surface area contributed by atoms with Gasteiger partial charge in [0.1, 0.15) is 11.3 Å². The molecule has 0 radical (unpaired) electrons. The maximum absolute atomic E-state index is 5.89. The smallest absolute Gasteiger partial charge is 0.258 e. The monoisotopic (exact) mass is 353 g/mol. The summed E-state index contributed by atoms with van der Waals surface area (Å²) in [5, 5.41) is 7.30. The Labute approximate surface area is 155 Å². The zero-order chi connectivity index (χ0) is 18.1. The zero-order valence-corrected chi connectivity index (χ0v) is 14.4. The Balaban J connectivity index is 1.42. The predicted octanol–water partition coefficient (Wildman–Crippen LogP) is 5.02. The van der Waals surface area contributed by atoms with Crippen LogP contribution in [0.3, 0.4) is 0 Å². The molecule has 0 spiro atoms. The molecule has 3 aromatic carbocycles. The molecule has 0 bridgehead atoms. The first-order chi connectivity index (χ1) is 13.4. The van der Waals surface area contributed by atoms with E-state index in [1.54, 1.807) is 6.20 Å². The molecule has 0 amide bonds. The number of hydrogen-bond acceptors (Lipinski definition) is 5. The normalized spacial score (nSPS) is 11.1. The van der Waals surface area contributed by atoms with Gasteiger partial charge in [-0.05, 0) is 29.0 Å². The molecular weight excluding hydrogens is 338 g/mol. The summed E-state index contributed by atoms with van der Waals surface area (Å²) in [4.78, 5) is 8.89. The summed E-state index contributed by atoms with van der Waals surface area (Å²) in [6, 6.07) is 23.9. The fourth-order valence-electron chi connectivity index (χ4n) is 3.17. The number of aromatic nitrogens is 3. The molecule has 5 rings (SSSR count). The molecule has 0 N–H and O–H groups in total. The van der Waals surface area contributed by atoms with Gasteiger partial charge in [0, 0.05) is 17.1 Å². The molecule has 0 aliphatic carbocycles. The molecular formula is C22H15N3O2. The Kier molecular flexibility index (Phi) is 3.76. The van der Waals surface area contributed by atoms with E-state index < -0.39 is 0 Å². The lowest BCUT2D eigenvalue weighted by Crippen LogP contribution is -1.98. The highest BCUT2D eigenvalue weighted by atomic mass is 16.5. The van der Waals surface area contributed by atoms with Crippen LogP contribution in [0.1, 0.15) is 5.82 Å². The van der Waals surface area contributed by atoms with Gasteiger partial charge in [-0.15, -0.1) is 0 Å². The quantitative estimate of drug-likeness (QED) is 0.454. The highest BCUT2D eigenvalue weighted by Crippen LogP contribution is 2.28. The summed E-state index contributed by atoms with van der Waals surface area (Å²) < 4.78 is 11.4. The van der Waals surface area contributed by atoms with Crippen LogP contribution < -0.4 is 4.74 Å². The number of fused-ring (bicyclic) bond motifs is 2. The molecule has 5 aromatic rings. The van der Waals surface area contributed by atoms with Crippen molar-refractivity contribution in [2.75, 3.05) is 0 Å². The van der Waals surface area contributed by atoms with Crippen molar-refractivity contribution in [3.63, 3.8) is 0 Å². The van der Waals surface area contributed by atoms with Crippen LogP contribution in [0.5, 0.6) is 5.75 Å². The number of para-hydroxylation sites is 1. The average Bonchev–Trinajstić information content (AvgIpc) is 3.20. The topological polar surface area (TPSA) is 61.0 Å². The third-order valence-corrected chi connectivity index (χ3v) is 4.44. The van der Waals surface area contributed by atoms with Crippen molar-refractivity contribution in [3.05, 3.63) is 84.8 Å². The summed E-state index contributed by atoms with van der Waals surface area (Å²) >= 11 is 0. The van der Waals surface area contributed by atoms with Crippen molar-refractivity contribution in [2.24, 2.45) is 0 Å². The molecule has 5 nitrogen and oxygen atoms in total. The minimum Gasteiger partial charge on any atom is -0.483 e. The van der Waals surface area contributed by atoms with Gasteiger partial charge < -0.3 is 9.26 Å². The number of rotatable bonds is 4. The van der Waals surface area contributed by atoms with Crippen molar-refractivity contribution in [1.29, 1.82) is 0 Å². The first kappa shape index (κ1) is 15.5. The predicted molar refractivity (Wildman–Crippen MR) is 103 cm³/mol. The van der Waals surface area contributed by atoms with E-state index >= 15 is 0 Å². The van der Waals surface area contributed by atoms with Gasteiger partial charge in [0.05, 0.1) is 0 Å². The van der Waals surface area contributed by atoms with Crippen LogP contribution in [0.15, 0.2) is 83.5 Å². The highest BCUT2D eigenvalue weighted by Gasteiger charge is 2.13. The minimum atomic E-state index is 0.212. The summed E-state index contributed by atoms with van der Waals surface area (Å²) in [6.07, 6.45) is 1.75. The Morgan fingerprint density at radius 2 is 1.63 bits per heavy atom. The average molecular weight is 353 g/mol. The van der Waals surface area contributed by atoms with Crippen LogP contribution in [-0.2, 0) is 6.61 Å². The van der Waals surface area contributed by atoms with Crippen molar-refractivity contribution >= 4 is 21.7 Å². The lowest BCUT2D eigenvalue weighted by atomic mass is 10.0. The zero-order valence-electron chi connectivity index (χ0n) is 14.4. The lowest BCUT2D eigenvalue weighted by molar-refractivity contribution is 0.290. The molecule has 0 aliphatic rings. The number of pyridine rings is 1. The summed E-state index contributed by atoms with van der Waals surface area (Å²) in [7, 11) is 0. The molecule has 0 unspecified atom stereocenters. The highest BCUT2D eigenvalue weighted by molar-refractivity contribution is 5.94. The van der Waals surface area contributed by atoms with Crippen LogP contribution in [0.4, 0.5) is 0 Å². The molecule has 2 heterocycles. The first-order valence-corrected chi connectivity index (χ1v) is 8.66. The van der Waals surface area contributed by atoms with E-state index in [4.69, 9.17) is 9.26 Å². The van der Waals surface area contributed by atoms with Gasteiger partial charge in [0.15, 0.2) is 6.61 Å². The second-order valence-corrected chi connectivity index (χ2v) is 6.16. The van der Waals surface area contributed by atoms with Gasteiger partial charge in [0.2, 0.25) is 5.82 Å². The maximum Gasteiger partial charge on any atom is 0.258 e. The van der Waals surface area contributed by atoms with Gasteiger partial charge in [-0.1, -0.05) is 59.8 Å². The van der Waals surface area contributed by atoms with E-state index in [2.05, 4.69) is 27.3 Å². The second-order valence-electron chi connectivity index (χ2n) is 6.16. The number of nitrogens with zero attached hydrogens (tertiary/aromatic N) is 3. The van der Waals surface area contributed by atoms with Gasteiger partial charge >= 0.3 is 0 Å². The Hall–Kier alpha value is -3.73. The fourth-order valence-corrected chi connectivity index (χ4v) is 3.17. The van der Waals surface area contributed by atoms with E-state index in [0.717, 1.165) is 27.2 Å². The third kappa shape index (κ3) is 2.89. The van der Waals surface area contributed by atoms with Gasteiger partial charge in [-0.2, -0.15) is 4.98 Å². The van der Waals surface area contributed by atoms with E-state index in [9.17, 15) is 0 Å². The van der Waals surface area contributed by atoms with Gasteiger partial charge in [0.25, 0.3) is 5.89 Å². The number of hydrogen-bond donors (Lipinski definition) is 0. The van der Waals surface area contributed by atoms with Crippen LogP contribution in [0.25, 0.3) is 33.1 Å². The Bertz CT molecular complexity index is 1240. The fraction of sp³-hybridized carbons (Fsp3) is 0.0455. The summed E-state index contributed by atoms with van der Waals surface area (Å²) in [6.45, 7) is 0.212. The minimum absolute atomic E-state index is 0.212. The lowest BCUT2D eigenvalue weighted by Gasteiger charge is -2.06. The molecule has 2 aromatic heterocycles. The Morgan fingerprint density at radius 3 is 2.63 bits per heavy atom. The third-order valence-electron chi connectivity index (χ3n) is 4.44. The largest absolute Gasteiger partial charge is 0.483 e. The first-order valence-electron chi connectivity index (χ1n) is 8.66. The standard InChI is InChI=1S/C22H15N3O2/c1-2-10-17-15(6-1)7-3-11-18(17)22-24-20(25-27-22)14-26-19-12-4-8-16-9-5-13-23-21(16)19/h1-13H,14H2. The molecule has 5 heteroatoms. The van der Waals surface area contributed by atoms with Crippen molar-refractivity contribution in [1.82, 2.24) is 15.1 Å². The molecule has 27 heavy (non-hydrogen) atoms. The van der Waals surface area contributed by atoms with Crippen molar-refractivity contribution in [2.45, 2.75) is 6.61 Å². The van der Waals surface area contributed by atoms with E-state index in [-0.39, 0.29) is 6.61 Å². The van der Waals surface area contributed by atoms with Gasteiger partial charge in [-0.3, -0.25) is 4.98 Å². The Morgan fingerprint density at radius 1 is 0.815 bits per heavy atom.